The first-order valence-electron chi connectivity index (χ1n) is 7.03. The van der Waals surface area contributed by atoms with E-state index in [1.165, 1.54) is 7.11 Å². The van der Waals surface area contributed by atoms with Crippen LogP contribution in [0.5, 0.6) is 0 Å². The smallest absolute Gasteiger partial charge is 0.250 e. The van der Waals surface area contributed by atoms with Crippen molar-refractivity contribution in [2.24, 2.45) is 0 Å². The molecule has 0 saturated carbocycles. The van der Waals surface area contributed by atoms with Gasteiger partial charge in [-0.05, 0) is 42.8 Å². The minimum absolute atomic E-state index is 0.0138. The van der Waals surface area contributed by atoms with E-state index >= 15 is 0 Å². The standard InChI is InChI=1S/C17H15ClN2O3/c1-10-3-6-14-15(7-10)23-17(20-14)12-8-11(4-5-13(12)18)19-16(21)9-22-2/h3-8H,9H2,1-2H3,(H,19,21). The van der Waals surface area contributed by atoms with E-state index in [2.05, 4.69) is 10.3 Å². The molecule has 0 aliphatic heterocycles. The number of rotatable bonds is 4. The Bertz CT molecular complexity index is 873. The van der Waals surface area contributed by atoms with E-state index in [4.69, 9.17) is 20.8 Å². The second kappa shape index (κ2) is 6.40. The van der Waals surface area contributed by atoms with Crippen LogP contribution in [0.15, 0.2) is 40.8 Å². The predicted molar refractivity (Wildman–Crippen MR) is 89.7 cm³/mol. The van der Waals surface area contributed by atoms with Gasteiger partial charge in [0.1, 0.15) is 12.1 Å². The van der Waals surface area contributed by atoms with Gasteiger partial charge in [-0.2, -0.15) is 0 Å². The van der Waals surface area contributed by atoms with Gasteiger partial charge < -0.3 is 14.5 Å². The van der Waals surface area contributed by atoms with Gasteiger partial charge in [0.2, 0.25) is 11.8 Å². The Kier molecular flexibility index (Phi) is 4.32. The number of anilines is 1. The van der Waals surface area contributed by atoms with Crippen LogP contribution < -0.4 is 5.32 Å². The summed E-state index contributed by atoms with van der Waals surface area (Å²) in [4.78, 5) is 16.1. The molecule has 0 saturated heterocycles. The van der Waals surface area contributed by atoms with Gasteiger partial charge in [-0.25, -0.2) is 4.98 Å². The van der Waals surface area contributed by atoms with Gasteiger partial charge in [0.05, 0.1) is 10.6 Å². The maximum atomic E-state index is 11.6. The number of hydrogen-bond acceptors (Lipinski definition) is 4. The maximum absolute atomic E-state index is 11.6. The molecule has 0 aliphatic rings. The first-order chi connectivity index (χ1) is 11.1. The van der Waals surface area contributed by atoms with Crippen LogP contribution in [0, 0.1) is 6.92 Å². The highest BCUT2D eigenvalue weighted by Crippen LogP contribution is 2.32. The van der Waals surface area contributed by atoms with Crippen molar-refractivity contribution in [3.63, 3.8) is 0 Å². The number of hydrogen-bond donors (Lipinski definition) is 1. The quantitative estimate of drug-likeness (QED) is 0.784. The van der Waals surface area contributed by atoms with Crippen molar-refractivity contribution in [2.75, 3.05) is 19.0 Å². The number of benzene rings is 2. The second-order valence-electron chi connectivity index (χ2n) is 5.17. The van der Waals surface area contributed by atoms with Gasteiger partial charge in [-0.1, -0.05) is 17.7 Å². The first kappa shape index (κ1) is 15.5. The summed E-state index contributed by atoms with van der Waals surface area (Å²) in [5, 5.41) is 3.23. The van der Waals surface area contributed by atoms with Crippen molar-refractivity contribution in [1.29, 1.82) is 0 Å². The van der Waals surface area contributed by atoms with Crippen LogP contribution in [0.4, 0.5) is 5.69 Å². The zero-order chi connectivity index (χ0) is 16.4. The number of halogens is 1. The van der Waals surface area contributed by atoms with E-state index in [-0.39, 0.29) is 12.5 Å². The van der Waals surface area contributed by atoms with Gasteiger partial charge >= 0.3 is 0 Å². The van der Waals surface area contributed by atoms with Crippen LogP contribution in [-0.4, -0.2) is 24.6 Å². The molecule has 1 aromatic heterocycles. The molecule has 0 spiro atoms. The van der Waals surface area contributed by atoms with Crippen LogP contribution in [0.1, 0.15) is 5.56 Å². The third-order valence-corrected chi connectivity index (χ3v) is 3.63. The summed E-state index contributed by atoms with van der Waals surface area (Å²) >= 11 is 6.25. The molecular weight excluding hydrogens is 316 g/mol. The van der Waals surface area contributed by atoms with E-state index in [9.17, 15) is 4.79 Å². The summed E-state index contributed by atoms with van der Waals surface area (Å²) in [5.74, 6) is 0.174. The Hall–Kier alpha value is -2.37. The molecule has 1 heterocycles. The highest BCUT2D eigenvalue weighted by molar-refractivity contribution is 6.33. The largest absolute Gasteiger partial charge is 0.436 e. The highest BCUT2D eigenvalue weighted by Gasteiger charge is 2.13. The number of carbonyl (C=O) groups is 1. The predicted octanol–water partition coefficient (Wildman–Crippen LogP) is 4.04. The number of fused-ring (bicyclic) bond motifs is 1. The third-order valence-electron chi connectivity index (χ3n) is 3.30. The number of nitrogens with zero attached hydrogens (tertiary/aromatic N) is 1. The summed E-state index contributed by atoms with van der Waals surface area (Å²) < 4.78 is 10.6. The van der Waals surface area contributed by atoms with Crippen LogP contribution in [0.2, 0.25) is 5.02 Å². The number of amides is 1. The van der Waals surface area contributed by atoms with Crippen LogP contribution in [-0.2, 0) is 9.53 Å². The molecule has 0 radical (unpaired) electrons. The molecule has 0 fully saturated rings. The molecule has 2 aromatic carbocycles. The summed E-state index contributed by atoms with van der Waals surface area (Å²) in [7, 11) is 1.47. The molecule has 3 aromatic rings. The molecule has 0 aliphatic carbocycles. The van der Waals surface area contributed by atoms with E-state index in [0.717, 1.165) is 11.1 Å². The fourth-order valence-corrected chi connectivity index (χ4v) is 2.44. The van der Waals surface area contributed by atoms with Gasteiger partial charge in [0, 0.05) is 12.8 Å². The fraction of sp³-hybridized carbons (Fsp3) is 0.176. The van der Waals surface area contributed by atoms with Crippen molar-refractivity contribution in [3.8, 4) is 11.5 Å². The van der Waals surface area contributed by atoms with Gasteiger partial charge in [0.15, 0.2) is 5.58 Å². The summed E-state index contributed by atoms with van der Waals surface area (Å²) in [6.07, 6.45) is 0. The van der Waals surface area contributed by atoms with Gasteiger partial charge in [-0.3, -0.25) is 4.79 Å². The average Bonchev–Trinajstić information content (AvgIpc) is 2.92. The molecule has 1 amide bonds. The lowest BCUT2D eigenvalue weighted by atomic mass is 10.2. The number of methoxy groups -OCH3 is 1. The lowest BCUT2D eigenvalue weighted by Crippen LogP contribution is -2.17. The minimum Gasteiger partial charge on any atom is -0.436 e. The normalized spacial score (nSPS) is 10.9. The zero-order valence-electron chi connectivity index (χ0n) is 12.7. The number of aryl methyl sites for hydroxylation is 1. The van der Waals surface area contributed by atoms with E-state index in [1.807, 2.05) is 25.1 Å². The Labute approximate surface area is 138 Å². The molecule has 23 heavy (non-hydrogen) atoms. The van der Waals surface area contributed by atoms with Crippen molar-refractivity contribution in [3.05, 3.63) is 47.0 Å². The molecule has 118 valence electrons. The van der Waals surface area contributed by atoms with Gasteiger partial charge in [-0.15, -0.1) is 0 Å². The van der Waals surface area contributed by atoms with Crippen molar-refractivity contribution in [1.82, 2.24) is 4.98 Å². The van der Waals surface area contributed by atoms with Crippen LogP contribution >= 0.6 is 11.6 Å². The van der Waals surface area contributed by atoms with Crippen molar-refractivity contribution >= 4 is 34.3 Å². The Morgan fingerprint density at radius 3 is 2.91 bits per heavy atom. The SMILES string of the molecule is COCC(=O)Nc1ccc(Cl)c(-c2nc3ccc(C)cc3o2)c1. The number of nitrogens with one attached hydrogen (secondary N) is 1. The number of carbonyl (C=O) groups excluding carboxylic acids is 1. The molecule has 0 unspecified atom stereocenters. The van der Waals surface area contributed by atoms with Crippen molar-refractivity contribution in [2.45, 2.75) is 6.92 Å². The maximum Gasteiger partial charge on any atom is 0.250 e. The molecule has 0 atom stereocenters. The van der Waals surface area contributed by atoms with Crippen molar-refractivity contribution < 1.29 is 13.9 Å². The molecular formula is C17H15ClN2O3. The van der Waals surface area contributed by atoms with Gasteiger partial charge in [0.25, 0.3) is 0 Å². The zero-order valence-corrected chi connectivity index (χ0v) is 13.5. The fourth-order valence-electron chi connectivity index (χ4n) is 2.24. The number of aromatic nitrogens is 1. The Morgan fingerprint density at radius 2 is 2.13 bits per heavy atom. The highest BCUT2D eigenvalue weighted by atomic mass is 35.5. The minimum atomic E-state index is -0.242. The number of ether oxygens (including phenoxy) is 1. The Morgan fingerprint density at radius 1 is 1.30 bits per heavy atom. The molecule has 3 rings (SSSR count). The topological polar surface area (TPSA) is 64.4 Å². The van der Waals surface area contributed by atoms with E-state index < -0.39 is 0 Å². The lowest BCUT2D eigenvalue weighted by Gasteiger charge is -2.07. The van der Waals surface area contributed by atoms with E-state index in [0.29, 0.717) is 27.7 Å². The second-order valence-corrected chi connectivity index (χ2v) is 5.57. The summed E-state index contributed by atoms with van der Waals surface area (Å²) in [5.41, 5.74) is 3.77. The molecule has 0 bridgehead atoms. The lowest BCUT2D eigenvalue weighted by molar-refractivity contribution is -0.119. The molecule has 6 heteroatoms. The molecule has 5 nitrogen and oxygen atoms in total. The summed E-state index contributed by atoms with van der Waals surface area (Å²) in [6.45, 7) is 1.97. The molecule has 1 N–H and O–H groups in total. The van der Waals surface area contributed by atoms with E-state index in [1.54, 1.807) is 18.2 Å². The average molecular weight is 331 g/mol. The third kappa shape index (κ3) is 3.36. The first-order valence-corrected chi connectivity index (χ1v) is 7.40. The Balaban J connectivity index is 1.98. The monoisotopic (exact) mass is 330 g/mol. The summed E-state index contributed by atoms with van der Waals surface area (Å²) in [6, 6.07) is 10.9. The van der Waals surface area contributed by atoms with Crippen LogP contribution in [0.25, 0.3) is 22.6 Å². The number of oxazole rings is 1. The van der Waals surface area contributed by atoms with Crippen LogP contribution in [0.3, 0.4) is 0 Å².